The summed E-state index contributed by atoms with van der Waals surface area (Å²) in [5.41, 5.74) is -0.864. The highest BCUT2D eigenvalue weighted by Crippen LogP contribution is 2.39. The third-order valence-electron chi connectivity index (χ3n) is 2.62. The highest BCUT2D eigenvalue weighted by molar-refractivity contribution is 8.00. The van der Waals surface area contributed by atoms with E-state index in [1.165, 1.54) is 7.11 Å². The van der Waals surface area contributed by atoms with Crippen molar-refractivity contribution in [3.63, 3.8) is 0 Å². The van der Waals surface area contributed by atoms with Crippen LogP contribution in [0.1, 0.15) is 20.3 Å². The SMILES string of the molecule is COC(=O)C(C)C1(O)CSC(C)C1. The summed E-state index contributed by atoms with van der Waals surface area (Å²) >= 11 is 1.70. The van der Waals surface area contributed by atoms with Crippen LogP contribution < -0.4 is 0 Å². The molecule has 1 rings (SSSR count). The Hall–Kier alpha value is -0.220. The first-order valence-corrected chi connectivity index (χ1v) is 5.46. The summed E-state index contributed by atoms with van der Waals surface area (Å²) in [6.45, 7) is 3.79. The molecule has 1 fully saturated rings. The van der Waals surface area contributed by atoms with Crippen LogP contribution in [0.2, 0.25) is 0 Å². The van der Waals surface area contributed by atoms with E-state index in [4.69, 9.17) is 0 Å². The fraction of sp³-hybridized carbons (Fsp3) is 0.889. The highest BCUT2D eigenvalue weighted by atomic mass is 32.2. The van der Waals surface area contributed by atoms with E-state index in [1.807, 2.05) is 0 Å². The highest BCUT2D eigenvalue weighted by Gasteiger charge is 2.44. The van der Waals surface area contributed by atoms with E-state index in [0.717, 1.165) is 0 Å². The normalized spacial score (nSPS) is 35.8. The molecular weight excluding hydrogens is 188 g/mol. The van der Waals surface area contributed by atoms with Gasteiger partial charge in [-0.15, -0.1) is 0 Å². The van der Waals surface area contributed by atoms with Crippen LogP contribution in [0.3, 0.4) is 0 Å². The smallest absolute Gasteiger partial charge is 0.311 e. The van der Waals surface area contributed by atoms with Gasteiger partial charge in [-0.05, 0) is 13.3 Å². The van der Waals surface area contributed by atoms with Crippen molar-refractivity contribution >= 4 is 17.7 Å². The number of hydrogen-bond acceptors (Lipinski definition) is 4. The number of methoxy groups -OCH3 is 1. The quantitative estimate of drug-likeness (QED) is 0.683. The first kappa shape index (κ1) is 10.9. The average Bonchev–Trinajstić information content (AvgIpc) is 2.45. The molecule has 0 spiro atoms. The lowest BCUT2D eigenvalue weighted by Crippen LogP contribution is -2.41. The van der Waals surface area contributed by atoms with Gasteiger partial charge in [-0.3, -0.25) is 4.79 Å². The lowest BCUT2D eigenvalue weighted by atomic mass is 9.87. The monoisotopic (exact) mass is 204 g/mol. The summed E-state index contributed by atoms with van der Waals surface area (Å²) < 4.78 is 4.62. The Labute approximate surface area is 82.8 Å². The molecule has 76 valence electrons. The third kappa shape index (κ3) is 2.17. The minimum absolute atomic E-state index is 0.322. The van der Waals surface area contributed by atoms with Crippen molar-refractivity contribution in [1.29, 1.82) is 0 Å². The van der Waals surface area contributed by atoms with Crippen LogP contribution in [0.5, 0.6) is 0 Å². The topological polar surface area (TPSA) is 46.5 Å². The third-order valence-corrected chi connectivity index (χ3v) is 4.02. The van der Waals surface area contributed by atoms with Gasteiger partial charge >= 0.3 is 5.97 Å². The summed E-state index contributed by atoms with van der Waals surface area (Å²) in [5.74, 6) is -0.114. The summed E-state index contributed by atoms with van der Waals surface area (Å²) in [6.07, 6.45) is 0.675. The number of aliphatic hydroxyl groups is 1. The number of carbonyl (C=O) groups is 1. The van der Waals surface area contributed by atoms with Crippen molar-refractivity contribution < 1.29 is 14.6 Å². The average molecular weight is 204 g/mol. The molecule has 4 heteroatoms. The number of rotatable bonds is 2. The second-order valence-corrected chi connectivity index (χ2v) is 5.10. The lowest BCUT2D eigenvalue weighted by molar-refractivity contribution is -0.153. The van der Waals surface area contributed by atoms with E-state index in [0.29, 0.717) is 17.4 Å². The number of esters is 1. The van der Waals surface area contributed by atoms with E-state index in [9.17, 15) is 9.90 Å². The Morgan fingerprint density at radius 2 is 2.38 bits per heavy atom. The predicted molar refractivity (Wildman–Crippen MR) is 52.7 cm³/mol. The van der Waals surface area contributed by atoms with E-state index < -0.39 is 11.5 Å². The Kier molecular flexibility index (Phi) is 3.24. The zero-order valence-electron chi connectivity index (χ0n) is 8.24. The number of hydrogen-bond donors (Lipinski definition) is 1. The van der Waals surface area contributed by atoms with Crippen LogP contribution in [0.4, 0.5) is 0 Å². The van der Waals surface area contributed by atoms with Crippen molar-refractivity contribution in [3.8, 4) is 0 Å². The van der Waals surface area contributed by atoms with E-state index in [2.05, 4.69) is 11.7 Å². The lowest BCUT2D eigenvalue weighted by Gasteiger charge is -2.26. The Morgan fingerprint density at radius 3 is 2.77 bits per heavy atom. The number of thioether (sulfide) groups is 1. The van der Waals surface area contributed by atoms with Crippen LogP contribution >= 0.6 is 11.8 Å². The second-order valence-electron chi connectivity index (χ2n) is 3.67. The largest absolute Gasteiger partial charge is 0.469 e. The number of carbonyl (C=O) groups excluding carboxylic acids is 1. The molecule has 1 N–H and O–H groups in total. The van der Waals surface area contributed by atoms with Crippen LogP contribution in [-0.4, -0.2) is 34.8 Å². The molecule has 1 aliphatic heterocycles. The summed E-state index contributed by atoms with van der Waals surface area (Å²) in [4.78, 5) is 11.2. The second kappa shape index (κ2) is 3.88. The van der Waals surface area contributed by atoms with Crippen molar-refractivity contribution in [2.75, 3.05) is 12.9 Å². The Bertz CT molecular complexity index is 207. The standard InChI is InChI=1S/C9H16O3S/c1-6-4-9(11,5-13-6)7(2)8(10)12-3/h6-7,11H,4-5H2,1-3H3. The molecule has 1 saturated heterocycles. The first-order chi connectivity index (χ1) is 5.99. The molecule has 3 unspecified atom stereocenters. The maximum atomic E-state index is 11.2. The summed E-state index contributed by atoms with van der Waals surface area (Å²) in [5, 5.41) is 10.5. The zero-order valence-corrected chi connectivity index (χ0v) is 9.06. The summed E-state index contributed by atoms with van der Waals surface area (Å²) in [7, 11) is 1.35. The number of ether oxygens (including phenoxy) is 1. The minimum atomic E-state index is -0.864. The fourth-order valence-electron chi connectivity index (χ4n) is 1.60. The van der Waals surface area contributed by atoms with Crippen molar-refractivity contribution in [2.45, 2.75) is 31.1 Å². The molecule has 0 aromatic carbocycles. The van der Waals surface area contributed by atoms with Gasteiger partial charge in [0.05, 0.1) is 18.6 Å². The molecule has 0 bridgehead atoms. The van der Waals surface area contributed by atoms with Crippen molar-refractivity contribution in [1.82, 2.24) is 0 Å². The van der Waals surface area contributed by atoms with Gasteiger partial charge in [0.15, 0.2) is 0 Å². The minimum Gasteiger partial charge on any atom is -0.469 e. The molecular formula is C9H16O3S. The predicted octanol–water partition coefficient (Wildman–Crippen LogP) is 1.05. The van der Waals surface area contributed by atoms with Gasteiger partial charge < -0.3 is 9.84 Å². The van der Waals surface area contributed by atoms with Crippen LogP contribution in [-0.2, 0) is 9.53 Å². The van der Waals surface area contributed by atoms with Gasteiger partial charge in [0, 0.05) is 11.0 Å². The molecule has 0 saturated carbocycles. The molecule has 0 aliphatic carbocycles. The molecule has 0 radical (unpaired) electrons. The van der Waals surface area contributed by atoms with Gasteiger partial charge in [0.2, 0.25) is 0 Å². The van der Waals surface area contributed by atoms with E-state index >= 15 is 0 Å². The maximum Gasteiger partial charge on any atom is 0.311 e. The molecule has 1 aliphatic rings. The van der Waals surface area contributed by atoms with Crippen molar-refractivity contribution in [2.24, 2.45) is 5.92 Å². The van der Waals surface area contributed by atoms with Gasteiger partial charge in [0.1, 0.15) is 0 Å². The van der Waals surface area contributed by atoms with Gasteiger partial charge in [-0.25, -0.2) is 0 Å². The Morgan fingerprint density at radius 1 is 1.77 bits per heavy atom. The van der Waals surface area contributed by atoms with Crippen molar-refractivity contribution in [3.05, 3.63) is 0 Å². The zero-order chi connectivity index (χ0) is 10.1. The maximum absolute atomic E-state index is 11.2. The fourth-order valence-corrected chi connectivity index (χ4v) is 2.95. The van der Waals surface area contributed by atoms with Crippen LogP contribution in [0, 0.1) is 5.92 Å². The van der Waals surface area contributed by atoms with E-state index in [-0.39, 0.29) is 5.97 Å². The molecule has 0 aromatic rings. The first-order valence-electron chi connectivity index (χ1n) is 4.41. The molecule has 3 nitrogen and oxygen atoms in total. The molecule has 3 atom stereocenters. The summed E-state index contributed by atoms with van der Waals surface area (Å²) in [6, 6.07) is 0. The van der Waals surface area contributed by atoms with Gasteiger partial charge in [0.25, 0.3) is 0 Å². The molecule has 13 heavy (non-hydrogen) atoms. The Balaban J connectivity index is 2.64. The van der Waals surface area contributed by atoms with Gasteiger partial charge in [-0.2, -0.15) is 11.8 Å². The van der Waals surface area contributed by atoms with Crippen LogP contribution in [0.25, 0.3) is 0 Å². The van der Waals surface area contributed by atoms with Crippen LogP contribution in [0.15, 0.2) is 0 Å². The van der Waals surface area contributed by atoms with E-state index in [1.54, 1.807) is 18.7 Å². The molecule has 0 aromatic heterocycles. The van der Waals surface area contributed by atoms with Gasteiger partial charge in [-0.1, -0.05) is 6.92 Å². The molecule has 0 amide bonds. The molecule has 1 heterocycles.